The third-order valence-electron chi connectivity index (χ3n) is 2.90. The summed E-state index contributed by atoms with van der Waals surface area (Å²) in [4.78, 5) is 20.2. The number of anilines is 1. The van der Waals surface area contributed by atoms with Gasteiger partial charge in [-0.2, -0.15) is 5.10 Å². The number of carbonyl (C=O) groups excluding carboxylic acids is 1. The number of hydrogen-bond donors (Lipinski definition) is 1. The molecule has 106 valence electrons. The van der Waals surface area contributed by atoms with Gasteiger partial charge >= 0.3 is 6.01 Å². The van der Waals surface area contributed by atoms with Crippen LogP contribution in [0.3, 0.4) is 0 Å². The van der Waals surface area contributed by atoms with E-state index >= 15 is 0 Å². The normalized spacial score (nSPS) is 10.4. The average molecular weight is 275 g/mol. The van der Waals surface area contributed by atoms with Crippen LogP contribution in [0.2, 0.25) is 0 Å². The van der Waals surface area contributed by atoms with Crippen LogP contribution in [-0.2, 0) is 7.05 Å². The highest BCUT2D eigenvalue weighted by Crippen LogP contribution is 2.15. The standard InChI is InChI=1S/C13H17N5O2/c1-5-20-13-14-6-10(7-15-13)16-12(19)11-8(2)17-18(4)9(11)3/h6-7H,5H2,1-4H3,(H,16,19). The number of hydrogen-bond acceptors (Lipinski definition) is 5. The Hall–Kier alpha value is -2.44. The number of carbonyl (C=O) groups is 1. The molecule has 0 unspecified atom stereocenters. The minimum Gasteiger partial charge on any atom is -0.464 e. The number of nitrogens with zero attached hydrogens (tertiary/aromatic N) is 4. The molecule has 0 atom stereocenters. The van der Waals surface area contributed by atoms with Gasteiger partial charge in [-0.05, 0) is 20.8 Å². The van der Waals surface area contributed by atoms with Crippen molar-refractivity contribution in [2.24, 2.45) is 7.05 Å². The highest BCUT2D eigenvalue weighted by atomic mass is 16.5. The molecule has 0 aromatic carbocycles. The second-order valence-electron chi connectivity index (χ2n) is 4.31. The van der Waals surface area contributed by atoms with Crippen LogP contribution in [0, 0.1) is 13.8 Å². The molecule has 0 bridgehead atoms. The first-order valence-corrected chi connectivity index (χ1v) is 6.29. The van der Waals surface area contributed by atoms with Gasteiger partial charge in [0.25, 0.3) is 5.91 Å². The summed E-state index contributed by atoms with van der Waals surface area (Å²) in [5.41, 5.74) is 2.59. The largest absolute Gasteiger partial charge is 0.464 e. The molecule has 0 aliphatic carbocycles. The molecule has 0 saturated carbocycles. The van der Waals surface area contributed by atoms with Gasteiger partial charge < -0.3 is 10.1 Å². The van der Waals surface area contributed by atoms with E-state index in [4.69, 9.17) is 4.74 Å². The number of rotatable bonds is 4. The van der Waals surface area contributed by atoms with E-state index in [1.807, 2.05) is 13.8 Å². The minimum atomic E-state index is -0.221. The quantitative estimate of drug-likeness (QED) is 0.913. The first-order valence-electron chi connectivity index (χ1n) is 6.29. The number of nitrogens with one attached hydrogen (secondary N) is 1. The molecule has 1 N–H and O–H groups in total. The van der Waals surface area contributed by atoms with Gasteiger partial charge in [0, 0.05) is 12.7 Å². The fourth-order valence-electron chi connectivity index (χ4n) is 1.88. The van der Waals surface area contributed by atoms with Crippen molar-refractivity contribution in [3.63, 3.8) is 0 Å². The van der Waals surface area contributed by atoms with Gasteiger partial charge in [-0.25, -0.2) is 9.97 Å². The topological polar surface area (TPSA) is 81.9 Å². The van der Waals surface area contributed by atoms with Crippen molar-refractivity contribution in [1.29, 1.82) is 0 Å². The third-order valence-corrected chi connectivity index (χ3v) is 2.90. The van der Waals surface area contributed by atoms with Gasteiger partial charge in [0.2, 0.25) is 0 Å². The van der Waals surface area contributed by atoms with Gasteiger partial charge in [-0.3, -0.25) is 9.48 Å². The van der Waals surface area contributed by atoms with E-state index in [0.29, 0.717) is 29.6 Å². The van der Waals surface area contributed by atoms with Crippen LogP contribution in [0.25, 0.3) is 0 Å². The molecule has 7 nitrogen and oxygen atoms in total. The van der Waals surface area contributed by atoms with Crippen LogP contribution < -0.4 is 10.1 Å². The predicted octanol–water partition coefficient (Wildman–Crippen LogP) is 1.48. The maximum Gasteiger partial charge on any atom is 0.316 e. The highest BCUT2D eigenvalue weighted by molar-refractivity contribution is 6.05. The Morgan fingerprint density at radius 2 is 2.00 bits per heavy atom. The van der Waals surface area contributed by atoms with Crippen molar-refractivity contribution >= 4 is 11.6 Å². The summed E-state index contributed by atoms with van der Waals surface area (Å²) in [5.74, 6) is -0.221. The molecule has 0 spiro atoms. The first kappa shape index (κ1) is 14.0. The van der Waals surface area contributed by atoms with E-state index in [1.165, 1.54) is 12.4 Å². The lowest BCUT2D eigenvalue weighted by Gasteiger charge is -2.06. The van der Waals surface area contributed by atoms with Gasteiger partial charge in [-0.1, -0.05) is 0 Å². The summed E-state index contributed by atoms with van der Waals surface area (Å²) >= 11 is 0. The molecule has 1 amide bonds. The van der Waals surface area contributed by atoms with Crippen molar-refractivity contribution in [3.05, 3.63) is 29.3 Å². The molecule has 0 aliphatic rings. The molecule has 0 radical (unpaired) electrons. The lowest BCUT2D eigenvalue weighted by molar-refractivity contribution is 0.102. The summed E-state index contributed by atoms with van der Waals surface area (Å²) in [6.45, 7) is 6.01. The van der Waals surface area contributed by atoms with Crippen LogP contribution in [0.4, 0.5) is 5.69 Å². The molecule has 2 heterocycles. The molecule has 2 aromatic rings. The Kier molecular flexibility index (Phi) is 3.97. The zero-order chi connectivity index (χ0) is 14.7. The van der Waals surface area contributed by atoms with Crippen molar-refractivity contribution in [1.82, 2.24) is 19.7 Å². The Bertz CT molecular complexity index is 618. The fourth-order valence-corrected chi connectivity index (χ4v) is 1.88. The maximum atomic E-state index is 12.2. The van der Waals surface area contributed by atoms with Crippen molar-refractivity contribution < 1.29 is 9.53 Å². The van der Waals surface area contributed by atoms with Crippen LogP contribution in [-0.4, -0.2) is 32.3 Å². The van der Waals surface area contributed by atoms with E-state index in [-0.39, 0.29) is 5.91 Å². The van der Waals surface area contributed by atoms with E-state index in [1.54, 1.807) is 18.7 Å². The number of amides is 1. The Morgan fingerprint density at radius 1 is 1.35 bits per heavy atom. The van der Waals surface area contributed by atoms with Gasteiger partial charge in [0.1, 0.15) is 0 Å². The Labute approximate surface area is 117 Å². The van der Waals surface area contributed by atoms with E-state index in [9.17, 15) is 4.79 Å². The minimum absolute atomic E-state index is 0.221. The van der Waals surface area contributed by atoms with E-state index in [0.717, 1.165) is 5.69 Å². The van der Waals surface area contributed by atoms with Crippen molar-refractivity contribution in [2.75, 3.05) is 11.9 Å². The molecular weight excluding hydrogens is 258 g/mol. The molecular formula is C13H17N5O2. The first-order chi connectivity index (χ1) is 9.52. The van der Waals surface area contributed by atoms with Crippen molar-refractivity contribution in [3.8, 4) is 6.01 Å². The molecule has 2 aromatic heterocycles. The summed E-state index contributed by atoms with van der Waals surface area (Å²) < 4.78 is 6.82. The number of ether oxygens (including phenoxy) is 1. The van der Waals surface area contributed by atoms with E-state index in [2.05, 4.69) is 20.4 Å². The lowest BCUT2D eigenvalue weighted by Crippen LogP contribution is -2.14. The maximum absolute atomic E-state index is 12.2. The second kappa shape index (κ2) is 5.68. The average Bonchev–Trinajstić information content (AvgIpc) is 2.66. The molecule has 20 heavy (non-hydrogen) atoms. The van der Waals surface area contributed by atoms with Gasteiger partial charge in [0.15, 0.2) is 0 Å². The molecule has 0 aliphatic heterocycles. The highest BCUT2D eigenvalue weighted by Gasteiger charge is 2.17. The number of aryl methyl sites for hydroxylation is 2. The van der Waals surface area contributed by atoms with Crippen LogP contribution in [0.1, 0.15) is 28.7 Å². The monoisotopic (exact) mass is 275 g/mol. The summed E-state index contributed by atoms with van der Waals surface area (Å²) in [6.07, 6.45) is 3.02. The smallest absolute Gasteiger partial charge is 0.316 e. The molecule has 7 heteroatoms. The van der Waals surface area contributed by atoms with Crippen LogP contribution in [0.15, 0.2) is 12.4 Å². The SMILES string of the molecule is CCOc1ncc(NC(=O)c2c(C)nn(C)c2C)cn1. The van der Waals surface area contributed by atoms with Gasteiger partial charge in [0.05, 0.1) is 35.9 Å². The predicted molar refractivity (Wildman–Crippen MR) is 73.8 cm³/mol. The Balaban J connectivity index is 2.15. The second-order valence-corrected chi connectivity index (χ2v) is 4.31. The van der Waals surface area contributed by atoms with Crippen molar-refractivity contribution in [2.45, 2.75) is 20.8 Å². The summed E-state index contributed by atoms with van der Waals surface area (Å²) in [5, 5.41) is 6.97. The zero-order valence-corrected chi connectivity index (χ0v) is 12.0. The number of aromatic nitrogens is 4. The third kappa shape index (κ3) is 2.76. The molecule has 0 fully saturated rings. The summed E-state index contributed by atoms with van der Waals surface area (Å²) in [6, 6.07) is 0.291. The van der Waals surface area contributed by atoms with E-state index < -0.39 is 0 Å². The summed E-state index contributed by atoms with van der Waals surface area (Å²) in [7, 11) is 1.80. The lowest BCUT2D eigenvalue weighted by atomic mass is 10.2. The Morgan fingerprint density at radius 3 is 2.50 bits per heavy atom. The van der Waals surface area contributed by atoms with Gasteiger partial charge in [-0.15, -0.1) is 0 Å². The van der Waals surface area contributed by atoms with Crippen LogP contribution in [0.5, 0.6) is 6.01 Å². The fraction of sp³-hybridized carbons (Fsp3) is 0.385. The molecule has 2 rings (SSSR count). The zero-order valence-electron chi connectivity index (χ0n) is 12.0. The molecule has 0 saturated heterocycles. The van der Waals surface area contributed by atoms with Crippen LogP contribution >= 0.6 is 0 Å².